The van der Waals surface area contributed by atoms with Crippen LogP contribution in [0.4, 0.5) is 18.9 Å². The lowest BCUT2D eigenvalue weighted by molar-refractivity contribution is -0.137. The lowest BCUT2D eigenvalue weighted by Crippen LogP contribution is -2.34. The number of anilines is 1. The Balaban J connectivity index is 1.68. The van der Waals surface area contributed by atoms with Crippen LogP contribution in [-0.2, 0) is 11.0 Å². The van der Waals surface area contributed by atoms with E-state index < -0.39 is 24.3 Å². The molecule has 1 N–H and O–H groups in total. The fourth-order valence-electron chi connectivity index (χ4n) is 3.37. The Bertz CT molecular complexity index is 995. The molecule has 172 valence electrons. The van der Waals surface area contributed by atoms with Crippen LogP contribution in [0.3, 0.4) is 0 Å². The Labute approximate surface area is 198 Å². The second kappa shape index (κ2) is 10.5. The van der Waals surface area contributed by atoms with Gasteiger partial charge in [-0.2, -0.15) is 13.2 Å². The maximum absolute atomic E-state index is 12.8. The number of carbonyl (C=O) groups is 1. The molecular formula is C22H22BrF3N2O3S. The third kappa shape index (κ3) is 6.13. The number of carbonyl (C=O) groups excluding carboxylic acids is 1. The van der Waals surface area contributed by atoms with Crippen molar-refractivity contribution in [1.29, 1.82) is 0 Å². The lowest BCUT2D eigenvalue weighted by Gasteiger charge is -2.29. The van der Waals surface area contributed by atoms with Crippen molar-refractivity contribution >= 4 is 44.7 Å². The second-order valence-corrected chi connectivity index (χ2v) is 8.50. The predicted octanol–water partition coefficient (Wildman–Crippen LogP) is 5.66. The van der Waals surface area contributed by atoms with Gasteiger partial charge in [-0.25, -0.2) is 0 Å². The second-order valence-electron chi connectivity index (χ2n) is 7.26. The molecule has 1 heterocycles. The monoisotopic (exact) mass is 530 g/mol. The molecule has 0 unspecified atom stereocenters. The van der Waals surface area contributed by atoms with Crippen molar-refractivity contribution in [1.82, 2.24) is 4.90 Å². The van der Waals surface area contributed by atoms with Crippen LogP contribution in [0.25, 0.3) is 0 Å². The zero-order valence-corrected chi connectivity index (χ0v) is 19.7. The first-order valence-electron chi connectivity index (χ1n) is 9.96. The van der Waals surface area contributed by atoms with Crippen LogP contribution in [-0.4, -0.2) is 42.6 Å². The third-order valence-corrected chi connectivity index (χ3v) is 6.02. The number of amides is 1. The van der Waals surface area contributed by atoms with Crippen molar-refractivity contribution in [3.63, 3.8) is 0 Å². The topological polar surface area (TPSA) is 50.8 Å². The summed E-state index contributed by atoms with van der Waals surface area (Å²) in [5.41, 5.74) is -0.0195. The maximum Gasteiger partial charge on any atom is 0.416 e. The number of nitrogens with one attached hydrogen (secondary N) is 1. The fourth-order valence-corrected chi connectivity index (χ4v) is 4.23. The molecular weight excluding hydrogens is 509 g/mol. The van der Waals surface area contributed by atoms with E-state index in [1.54, 1.807) is 12.1 Å². The lowest BCUT2D eigenvalue weighted by atomic mass is 10.1. The molecule has 0 atom stereocenters. The van der Waals surface area contributed by atoms with Crippen molar-refractivity contribution < 1.29 is 27.4 Å². The summed E-state index contributed by atoms with van der Waals surface area (Å²) in [5, 5.41) is 2.41. The van der Waals surface area contributed by atoms with Gasteiger partial charge < -0.3 is 19.7 Å². The molecule has 0 bridgehead atoms. The minimum Gasteiger partial charge on any atom is -0.493 e. The van der Waals surface area contributed by atoms with Crippen molar-refractivity contribution in [2.75, 3.05) is 32.1 Å². The molecule has 1 amide bonds. The molecule has 0 radical (unpaired) electrons. The SMILES string of the molecule is COc1cc(C(=S)N2CCCCC2)cc(Br)c1OCC(=O)Nc1cccc(C(F)(F)F)c1. The molecule has 1 aliphatic rings. The van der Waals surface area contributed by atoms with Crippen LogP contribution in [0.5, 0.6) is 11.5 Å². The number of likely N-dealkylation sites (tertiary alicyclic amines) is 1. The zero-order valence-electron chi connectivity index (χ0n) is 17.3. The number of benzene rings is 2. The van der Waals surface area contributed by atoms with Gasteiger partial charge in [0.2, 0.25) is 0 Å². The number of thiocarbonyl (C=S) groups is 1. The van der Waals surface area contributed by atoms with Gasteiger partial charge in [0.1, 0.15) is 4.99 Å². The summed E-state index contributed by atoms with van der Waals surface area (Å²) in [4.78, 5) is 15.1. The minimum atomic E-state index is -4.49. The van der Waals surface area contributed by atoms with E-state index in [4.69, 9.17) is 21.7 Å². The number of halogens is 4. The highest BCUT2D eigenvalue weighted by Crippen LogP contribution is 2.37. The zero-order chi connectivity index (χ0) is 23.3. The summed E-state index contributed by atoms with van der Waals surface area (Å²) in [6, 6.07) is 7.96. The van der Waals surface area contributed by atoms with Crippen LogP contribution in [0.15, 0.2) is 40.9 Å². The molecule has 3 rings (SSSR count). The molecule has 2 aromatic carbocycles. The van der Waals surface area contributed by atoms with Gasteiger partial charge in [-0.05, 0) is 65.5 Å². The van der Waals surface area contributed by atoms with Crippen LogP contribution in [0.1, 0.15) is 30.4 Å². The summed E-state index contributed by atoms with van der Waals surface area (Å²) in [6.07, 6.45) is -1.10. The van der Waals surface area contributed by atoms with E-state index in [-0.39, 0.29) is 5.69 Å². The summed E-state index contributed by atoms with van der Waals surface area (Å²) in [6.45, 7) is 1.40. The Hall–Kier alpha value is -2.33. The van der Waals surface area contributed by atoms with Gasteiger partial charge in [-0.15, -0.1) is 0 Å². The summed E-state index contributed by atoms with van der Waals surface area (Å²) in [5.74, 6) is 0.0867. The average molecular weight is 531 g/mol. The van der Waals surface area contributed by atoms with E-state index >= 15 is 0 Å². The maximum atomic E-state index is 12.8. The molecule has 1 saturated heterocycles. The molecule has 10 heteroatoms. The Morgan fingerprint density at radius 3 is 2.56 bits per heavy atom. The van der Waals surface area contributed by atoms with Gasteiger partial charge in [0.15, 0.2) is 18.1 Å². The highest BCUT2D eigenvalue weighted by molar-refractivity contribution is 9.10. The number of alkyl halides is 3. The van der Waals surface area contributed by atoms with Gasteiger partial charge in [0.05, 0.1) is 17.1 Å². The molecule has 1 fully saturated rings. The highest BCUT2D eigenvalue weighted by Gasteiger charge is 2.30. The van der Waals surface area contributed by atoms with E-state index in [1.807, 2.05) is 0 Å². The number of nitrogens with zero attached hydrogens (tertiary/aromatic N) is 1. The molecule has 32 heavy (non-hydrogen) atoms. The van der Waals surface area contributed by atoms with Crippen LogP contribution >= 0.6 is 28.1 Å². The largest absolute Gasteiger partial charge is 0.493 e. The quantitative estimate of drug-likeness (QED) is 0.488. The number of rotatable bonds is 6. The smallest absolute Gasteiger partial charge is 0.416 e. The number of ether oxygens (including phenoxy) is 2. The van der Waals surface area contributed by atoms with E-state index in [0.29, 0.717) is 16.0 Å². The van der Waals surface area contributed by atoms with Gasteiger partial charge in [0.25, 0.3) is 5.91 Å². The molecule has 0 spiro atoms. The van der Waals surface area contributed by atoms with E-state index in [1.165, 1.54) is 25.7 Å². The van der Waals surface area contributed by atoms with Crippen molar-refractivity contribution in [3.05, 3.63) is 52.0 Å². The molecule has 5 nitrogen and oxygen atoms in total. The average Bonchev–Trinajstić information content (AvgIpc) is 2.77. The van der Waals surface area contributed by atoms with Gasteiger partial charge in [0, 0.05) is 24.3 Å². The van der Waals surface area contributed by atoms with Crippen LogP contribution in [0.2, 0.25) is 0 Å². The molecule has 0 aliphatic carbocycles. The first kappa shape index (κ1) is 24.3. The van der Waals surface area contributed by atoms with Crippen molar-refractivity contribution in [2.24, 2.45) is 0 Å². The minimum absolute atomic E-state index is 0.0293. The normalized spacial score (nSPS) is 14.1. The van der Waals surface area contributed by atoms with Gasteiger partial charge >= 0.3 is 6.18 Å². The van der Waals surface area contributed by atoms with Crippen LogP contribution in [0, 0.1) is 0 Å². The fraction of sp³-hybridized carbons (Fsp3) is 0.364. The highest BCUT2D eigenvalue weighted by atomic mass is 79.9. The third-order valence-electron chi connectivity index (χ3n) is 4.94. The summed E-state index contributed by atoms with van der Waals surface area (Å²) in [7, 11) is 1.48. The number of hydrogen-bond acceptors (Lipinski definition) is 4. The number of piperidine rings is 1. The van der Waals surface area contributed by atoms with Crippen molar-refractivity contribution in [3.8, 4) is 11.5 Å². The molecule has 1 aliphatic heterocycles. The van der Waals surface area contributed by atoms with Gasteiger partial charge in [-0.3, -0.25) is 4.79 Å². The van der Waals surface area contributed by atoms with Gasteiger partial charge in [-0.1, -0.05) is 18.3 Å². The Kier molecular flexibility index (Phi) is 8.00. The Morgan fingerprint density at radius 1 is 1.19 bits per heavy atom. The first-order valence-corrected chi connectivity index (χ1v) is 11.2. The Morgan fingerprint density at radius 2 is 1.91 bits per heavy atom. The molecule has 0 aromatic heterocycles. The first-order chi connectivity index (χ1) is 15.2. The molecule has 2 aromatic rings. The summed E-state index contributed by atoms with van der Waals surface area (Å²) < 4.78 is 50.1. The van der Waals surface area contributed by atoms with E-state index in [0.717, 1.165) is 48.6 Å². The summed E-state index contributed by atoms with van der Waals surface area (Å²) >= 11 is 9.07. The van der Waals surface area contributed by atoms with E-state index in [2.05, 4.69) is 26.1 Å². The standard InChI is InChI=1S/C22H22BrF3N2O3S/c1-30-18-11-14(21(32)28-8-3-2-4-9-28)10-17(23)20(18)31-13-19(29)27-16-7-5-6-15(12-16)22(24,25)26/h5-7,10-12H,2-4,8-9,13H2,1H3,(H,27,29). The number of methoxy groups -OCH3 is 1. The predicted molar refractivity (Wildman–Crippen MR) is 123 cm³/mol. The van der Waals surface area contributed by atoms with Crippen molar-refractivity contribution in [2.45, 2.75) is 25.4 Å². The van der Waals surface area contributed by atoms with Crippen LogP contribution < -0.4 is 14.8 Å². The van der Waals surface area contributed by atoms with E-state index in [9.17, 15) is 18.0 Å². The number of hydrogen-bond donors (Lipinski definition) is 1. The molecule has 0 saturated carbocycles.